The smallest absolute Gasteiger partial charge is 0.305 e. The molecule has 1 heterocycles. The van der Waals surface area contributed by atoms with Crippen molar-refractivity contribution < 1.29 is 13.5 Å². The Labute approximate surface area is 92.9 Å². The first-order valence-electron chi connectivity index (χ1n) is 5.10. The number of benzene rings is 1. The van der Waals surface area contributed by atoms with E-state index in [1.165, 1.54) is 12.1 Å². The SMILES string of the molecule is CCOc1cnc(Cc2ccc(F)cc2)o1. The Morgan fingerprint density at radius 2 is 2.06 bits per heavy atom. The third-order valence-electron chi connectivity index (χ3n) is 2.09. The topological polar surface area (TPSA) is 35.3 Å². The molecule has 0 atom stereocenters. The lowest BCUT2D eigenvalue weighted by molar-refractivity contribution is 0.251. The van der Waals surface area contributed by atoms with Crippen LogP contribution in [-0.2, 0) is 6.42 Å². The minimum atomic E-state index is -0.244. The van der Waals surface area contributed by atoms with Gasteiger partial charge in [-0.3, -0.25) is 0 Å². The van der Waals surface area contributed by atoms with Crippen LogP contribution in [-0.4, -0.2) is 11.6 Å². The number of rotatable bonds is 4. The monoisotopic (exact) mass is 221 g/mol. The maximum atomic E-state index is 12.7. The van der Waals surface area contributed by atoms with Crippen LogP contribution in [0.4, 0.5) is 4.39 Å². The fourth-order valence-electron chi connectivity index (χ4n) is 1.36. The molecule has 0 aliphatic rings. The molecule has 16 heavy (non-hydrogen) atoms. The van der Waals surface area contributed by atoms with Gasteiger partial charge in [0.25, 0.3) is 0 Å². The van der Waals surface area contributed by atoms with Crippen molar-refractivity contribution >= 4 is 0 Å². The van der Waals surface area contributed by atoms with Crippen molar-refractivity contribution in [3.63, 3.8) is 0 Å². The van der Waals surface area contributed by atoms with E-state index in [1.807, 2.05) is 6.92 Å². The first-order chi connectivity index (χ1) is 7.78. The van der Waals surface area contributed by atoms with Crippen molar-refractivity contribution in [2.24, 2.45) is 0 Å². The van der Waals surface area contributed by atoms with E-state index >= 15 is 0 Å². The van der Waals surface area contributed by atoms with E-state index in [0.29, 0.717) is 24.9 Å². The summed E-state index contributed by atoms with van der Waals surface area (Å²) in [5, 5.41) is 0. The molecule has 0 unspecified atom stereocenters. The van der Waals surface area contributed by atoms with Gasteiger partial charge in [0.05, 0.1) is 6.61 Å². The van der Waals surface area contributed by atoms with Gasteiger partial charge in [-0.25, -0.2) is 9.37 Å². The van der Waals surface area contributed by atoms with Crippen molar-refractivity contribution in [2.45, 2.75) is 13.3 Å². The summed E-state index contributed by atoms with van der Waals surface area (Å²) in [7, 11) is 0. The summed E-state index contributed by atoms with van der Waals surface area (Å²) in [5.74, 6) is 0.737. The molecule has 0 amide bonds. The number of halogens is 1. The molecule has 2 rings (SSSR count). The molecule has 0 radical (unpaired) electrons. The van der Waals surface area contributed by atoms with Crippen molar-refractivity contribution in [1.29, 1.82) is 0 Å². The molecule has 0 aliphatic carbocycles. The zero-order valence-corrected chi connectivity index (χ0v) is 8.94. The van der Waals surface area contributed by atoms with Crippen LogP contribution in [0.2, 0.25) is 0 Å². The summed E-state index contributed by atoms with van der Waals surface area (Å²) in [6.07, 6.45) is 2.08. The molecule has 3 nitrogen and oxygen atoms in total. The molecule has 0 spiro atoms. The van der Waals surface area contributed by atoms with Crippen LogP contribution >= 0.6 is 0 Å². The summed E-state index contributed by atoms with van der Waals surface area (Å²) in [6.45, 7) is 2.42. The highest BCUT2D eigenvalue weighted by atomic mass is 19.1. The molecular formula is C12H12FNO2. The van der Waals surface area contributed by atoms with E-state index in [1.54, 1.807) is 18.3 Å². The van der Waals surface area contributed by atoms with Crippen LogP contribution in [0, 0.1) is 5.82 Å². The molecule has 0 aliphatic heterocycles. The van der Waals surface area contributed by atoms with Gasteiger partial charge in [-0.15, -0.1) is 0 Å². The van der Waals surface area contributed by atoms with E-state index in [0.717, 1.165) is 5.56 Å². The normalized spacial score (nSPS) is 10.4. The average molecular weight is 221 g/mol. The molecule has 0 N–H and O–H groups in total. The average Bonchev–Trinajstić information content (AvgIpc) is 2.70. The van der Waals surface area contributed by atoms with Crippen LogP contribution in [0.3, 0.4) is 0 Å². The summed E-state index contributed by atoms with van der Waals surface area (Å²) in [6, 6.07) is 6.25. The minimum Gasteiger partial charge on any atom is -0.464 e. The van der Waals surface area contributed by atoms with Crippen LogP contribution in [0.1, 0.15) is 18.4 Å². The lowest BCUT2D eigenvalue weighted by atomic mass is 10.1. The van der Waals surface area contributed by atoms with Gasteiger partial charge in [-0.05, 0) is 24.6 Å². The van der Waals surface area contributed by atoms with Crippen LogP contribution in [0.15, 0.2) is 34.9 Å². The van der Waals surface area contributed by atoms with E-state index in [-0.39, 0.29) is 5.82 Å². The number of aromatic nitrogens is 1. The fourth-order valence-corrected chi connectivity index (χ4v) is 1.36. The molecule has 0 saturated heterocycles. The predicted molar refractivity (Wildman–Crippen MR) is 56.9 cm³/mol. The fraction of sp³-hybridized carbons (Fsp3) is 0.250. The van der Waals surface area contributed by atoms with Gasteiger partial charge in [0.15, 0.2) is 0 Å². The quantitative estimate of drug-likeness (QED) is 0.796. The third-order valence-corrected chi connectivity index (χ3v) is 2.09. The van der Waals surface area contributed by atoms with Crippen LogP contribution < -0.4 is 4.74 Å². The molecule has 0 saturated carbocycles. The molecule has 0 fully saturated rings. The van der Waals surface area contributed by atoms with Gasteiger partial charge in [-0.1, -0.05) is 12.1 Å². The van der Waals surface area contributed by atoms with Crippen LogP contribution in [0.25, 0.3) is 0 Å². The molecule has 0 bridgehead atoms. The largest absolute Gasteiger partial charge is 0.464 e. The number of nitrogens with zero attached hydrogens (tertiary/aromatic N) is 1. The Morgan fingerprint density at radius 1 is 1.31 bits per heavy atom. The first-order valence-corrected chi connectivity index (χ1v) is 5.10. The number of hydrogen-bond acceptors (Lipinski definition) is 3. The highest BCUT2D eigenvalue weighted by Gasteiger charge is 2.05. The molecule has 4 heteroatoms. The minimum absolute atomic E-state index is 0.244. The van der Waals surface area contributed by atoms with Gasteiger partial charge in [-0.2, -0.15) is 0 Å². The second-order valence-corrected chi connectivity index (χ2v) is 3.31. The molecule has 84 valence electrons. The summed E-state index contributed by atoms with van der Waals surface area (Å²) in [5.41, 5.74) is 0.950. The number of ether oxygens (including phenoxy) is 1. The molecular weight excluding hydrogens is 209 g/mol. The van der Waals surface area contributed by atoms with Crippen LogP contribution in [0.5, 0.6) is 5.95 Å². The van der Waals surface area contributed by atoms with Gasteiger partial charge >= 0.3 is 5.95 Å². The van der Waals surface area contributed by atoms with Gasteiger partial charge in [0.2, 0.25) is 5.89 Å². The van der Waals surface area contributed by atoms with E-state index in [2.05, 4.69) is 4.98 Å². The first kappa shape index (κ1) is 10.7. The summed E-state index contributed by atoms with van der Waals surface area (Å²) < 4.78 is 23.2. The Bertz CT molecular complexity index is 450. The highest BCUT2D eigenvalue weighted by Crippen LogP contribution is 2.15. The van der Waals surface area contributed by atoms with E-state index in [9.17, 15) is 4.39 Å². The lowest BCUT2D eigenvalue weighted by Crippen LogP contribution is -1.89. The Hall–Kier alpha value is -1.84. The van der Waals surface area contributed by atoms with E-state index < -0.39 is 0 Å². The Morgan fingerprint density at radius 3 is 2.75 bits per heavy atom. The van der Waals surface area contributed by atoms with Gasteiger partial charge in [0.1, 0.15) is 12.0 Å². The second kappa shape index (κ2) is 4.79. The zero-order chi connectivity index (χ0) is 11.4. The predicted octanol–water partition coefficient (Wildman–Crippen LogP) is 2.80. The van der Waals surface area contributed by atoms with Gasteiger partial charge in [0, 0.05) is 6.42 Å². The van der Waals surface area contributed by atoms with Crippen molar-refractivity contribution in [3.05, 3.63) is 47.7 Å². The second-order valence-electron chi connectivity index (χ2n) is 3.31. The number of hydrogen-bond donors (Lipinski definition) is 0. The Kier molecular flexibility index (Phi) is 3.19. The maximum absolute atomic E-state index is 12.7. The van der Waals surface area contributed by atoms with Crippen molar-refractivity contribution in [1.82, 2.24) is 4.98 Å². The highest BCUT2D eigenvalue weighted by molar-refractivity contribution is 5.19. The lowest BCUT2D eigenvalue weighted by Gasteiger charge is -1.97. The molecule has 2 aromatic rings. The number of oxazole rings is 1. The van der Waals surface area contributed by atoms with Crippen molar-refractivity contribution in [2.75, 3.05) is 6.61 Å². The maximum Gasteiger partial charge on any atom is 0.305 e. The summed E-state index contributed by atoms with van der Waals surface area (Å²) in [4.78, 5) is 4.07. The zero-order valence-electron chi connectivity index (χ0n) is 8.94. The molecule has 1 aromatic heterocycles. The van der Waals surface area contributed by atoms with Gasteiger partial charge < -0.3 is 9.15 Å². The Balaban J connectivity index is 2.05. The summed E-state index contributed by atoms with van der Waals surface area (Å²) >= 11 is 0. The van der Waals surface area contributed by atoms with E-state index in [4.69, 9.17) is 9.15 Å². The van der Waals surface area contributed by atoms with Crippen molar-refractivity contribution in [3.8, 4) is 5.95 Å². The standard InChI is InChI=1S/C12H12FNO2/c1-2-15-12-8-14-11(16-12)7-9-3-5-10(13)6-4-9/h3-6,8H,2,7H2,1H3. The molecule has 1 aromatic carbocycles. The third kappa shape index (κ3) is 2.59.